The lowest BCUT2D eigenvalue weighted by Crippen LogP contribution is -2.38. The van der Waals surface area contributed by atoms with Gasteiger partial charge in [-0.25, -0.2) is 4.98 Å². The molecule has 4 nitrogen and oxygen atoms in total. The monoisotopic (exact) mass is 402 g/mol. The predicted octanol–water partition coefficient (Wildman–Crippen LogP) is 5.47. The highest BCUT2D eigenvalue weighted by atomic mass is 35.5. The second kappa shape index (κ2) is 7.91. The van der Waals surface area contributed by atoms with Crippen LogP contribution in [0.1, 0.15) is 36.6 Å². The number of hydrogen-bond acceptors (Lipinski definition) is 3. The van der Waals surface area contributed by atoms with Crippen LogP contribution in [0.2, 0.25) is 10.0 Å². The summed E-state index contributed by atoms with van der Waals surface area (Å²) < 4.78 is 5.89. The molecule has 4 rings (SSSR count). The summed E-state index contributed by atoms with van der Waals surface area (Å²) in [6, 6.07) is 13.3. The standard InChI is InChI=1S/C21H20Cl2N2O2/c22-16-5-3-4-14(20(16)23)8-9-19(26)25-12-10-15(11-13-25)21-24-17-6-1-2-7-18(17)27-21/h1-7,15H,8-13H2. The van der Waals surface area contributed by atoms with Gasteiger partial charge in [0.05, 0.1) is 10.0 Å². The first-order valence-electron chi connectivity index (χ1n) is 9.18. The maximum Gasteiger partial charge on any atom is 0.222 e. The third kappa shape index (κ3) is 3.97. The summed E-state index contributed by atoms with van der Waals surface area (Å²) >= 11 is 12.2. The van der Waals surface area contributed by atoms with E-state index in [4.69, 9.17) is 27.6 Å². The second-order valence-corrected chi connectivity index (χ2v) is 7.67. The largest absolute Gasteiger partial charge is 0.440 e. The van der Waals surface area contributed by atoms with Crippen LogP contribution in [0, 0.1) is 0 Å². The smallest absolute Gasteiger partial charge is 0.222 e. The van der Waals surface area contributed by atoms with Crippen molar-refractivity contribution in [1.82, 2.24) is 9.88 Å². The van der Waals surface area contributed by atoms with Crippen LogP contribution < -0.4 is 0 Å². The quantitative estimate of drug-likeness (QED) is 0.580. The molecular weight excluding hydrogens is 383 g/mol. The molecular formula is C21H20Cl2N2O2. The molecule has 0 spiro atoms. The Morgan fingerprint density at radius 1 is 1.11 bits per heavy atom. The first-order chi connectivity index (χ1) is 13.1. The minimum Gasteiger partial charge on any atom is -0.440 e. The molecule has 140 valence electrons. The number of fused-ring (bicyclic) bond motifs is 1. The lowest BCUT2D eigenvalue weighted by Gasteiger charge is -2.30. The van der Waals surface area contributed by atoms with Gasteiger partial charge in [0.15, 0.2) is 11.5 Å². The number of likely N-dealkylation sites (tertiary alicyclic amines) is 1. The third-order valence-electron chi connectivity index (χ3n) is 5.15. The number of hydrogen-bond donors (Lipinski definition) is 0. The Bertz CT molecular complexity index is 929. The van der Waals surface area contributed by atoms with Crippen LogP contribution in [0.25, 0.3) is 11.1 Å². The summed E-state index contributed by atoms with van der Waals surface area (Å²) in [5, 5.41) is 1.07. The highest BCUT2D eigenvalue weighted by molar-refractivity contribution is 6.42. The fourth-order valence-corrected chi connectivity index (χ4v) is 4.00. The van der Waals surface area contributed by atoms with Gasteiger partial charge in [0, 0.05) is 25.4 Å². The summed E-state index contributed by atoms with van der Waals surface area (Å²) in [6.07, 6.45) is 2.78. The number of piperidine rings is 1. The molecule has 1 aliphatic rings. The molecule has 1 amide bonds. The molecule has 0 N–H and O–H groups in total. The number of para-hydroxylation sites is 2. The number of carbonyl (C=O) groups excluding carboxylic acids is 1. The Morgan fingerprint density at radius 2 is 1.89 bits per heavy atom. The zero-order valence-electron chi connectivity index (χ0n) is 14.8. The normalized spacial score (nSPS) is 15.4. The third-order valence-corrected chi connectivity index (χ3v) is 6.01. The van der Waals surface area contributed by atoms with Gasteiger partial charge in [-0.2, -0.15) is 0 Å². The highest BCUT2D eigenvalue weighted by Crippen LogP contribution is 2.31. The van der Waals surface area contributed by atoms with Gasteiger partial charge in [-0.1, -0.05) is 47.5 Å². The molecule has 3 aromatic rings. The average molecular weight is 403 g/mol. The van der Waals surface area contributed by atoms with Gasteiger partial charge in [0.1, 0.15) is 5.52 Å². The molecule has 1 aromatic heterocycles. The predicted molar refractivity (Wildman–Crippen MR) is 107 cm³/mol. The van der Waals surface area contributed by atoms with Crippen molar-refractivity contribution in [1.29, 1.82) is 0 Å². The van der Waals surface area contributed by atoms with Crippen LogP contribution >= 0.6 is 23.2 Å². The number of aromatic nitrogens is 1. The van der Waals surface area contributed by atoms with Gasteiger partial charge in [-0.3, -0.25) is 4.79 Å². The number of benzene rings is 2. The van der Waals surface area contributed by atoms with E-state index in [0.29, 0.717) is 22.9 Å². The van der Waals surface area contributed by atoms with E-state index >= 15 is 0 Å². The van der Waals surface area contributed by atoms with Crippen molar-refractivity contribution >= 4 is 40.2 Å². The van der Waals surface area contributed by atoms with Crippen LogP contribution in [0.15, 0.2) is 46.9 Å². The maximum atomic E-state index is 12.6. The summed E-state index contributed by atoms with van der Waals surface area (Å²) in [5.74, 6) is 1.21. The van der Waals surface area contributed by atoms with Gasteiger partial charge in [-0.15, -0.1) is 0 Å². The molecule has 2 aromatic carbocycles. The Hall–Kier alpha value is -2.04. The summed E-state index contributed by atoms with van der Waals surface area (Å²) in [5.41, 5.74) is 2.63. The number of aryl methyl sites for hydroxylation is 1. The molecule has 0 saturated carbocycles. The molecule has 1 aliphatic heterocycles. The molecule has 6 heteroatoms. The van der Waals surface area contributed by atoms with Crippen LogP contribution in [0.4, 0.5) is 0 Å². The average Bonchev–Trinajstić information content (AvgIpc) is 3.13. The Labute approximate surface area is 168 Å². The van der Waals surface area contributed by atoms with Gasteiger partial charge in [-0.05, 0) is 43.0 Å². The zero-order chi connectivity index (χ0) is 18.8. The number of carbonyl (C=O) groups is 1. The van der Waals surface area contributed by atoms with Crippen LogP contribution in [0.3, 0.4) is 0 Å². The molecule has 1 saturated heterocycles. The van der Waals surface area contributed by atoms with Crippen molar-refractivity contribution in [2.24, 2.45) is 0 Å². The van der Waals surface area contributed by atoms with E-state index in [-0.39, 0.29) is 11.8 Å². The number of amides is 1. The van der Waals surface area contributed by atoms with E-state index < -0.39 is 0 Å². The van der Waals surface area contributed by atoms with Crippen LogP contribution in [-0.4, -0.2) is 28.9 Å². The van der Waals surface area contributed by atoms with E-state index in [9.17, 15) is 4.79 Å². The van der Waals surface area contributed by atoms with Crippen molar-refractivity contribution in [3.63, 3.8) is 0 Å². The molecule has 0 atom stereocenters. The Balaban J connectivity index is 1.33. The van der Waals surface area contributed by atoms with E-state index in [1.165, 1.54) is 0 Å². The summed E-state index contributed by atoms with van der Waals surface area (Å²) in [6.45, 7) is 1.46. The Morgan fingerprint density at radius 3 is 2.67 bits per heavy atom. The van der Waals surface area contributed by atoms with E-state index in [1.54, 1.807) is 6.07 Å². The van der Waals surface area contributed by atoms with Gasteiger partial charge in [0.2, 0.25) is 5.91 Å². The van der Waals surface area contributed by atoms with E-state index in [2.05, 4.69) is 4.98 Å². The molecule has 0 radical (unpaired) electrons. The number of rotatable bonds is 4. The molecule has 0 bridgehead atoms. The maximum absolute atomic E-state index is 12.6. The number of nitrogens with zero attached hydrogens (tertiary/aromatic N) is 2. The number of oxazole rings is 1. The first kappa shape index (κ1) is 18.3. The van der Waals surface area contributed by atoms with Crippen molar-refractivity contribution in [2.45, 2.75) is 31.6 Å². The van der Waals surface area contributed by atoms with Gasteiger partial charge >= 0.3 is 0 Å². The second-order valence-electron chi connectivity index (χ2n) is 6.89. The summed E-state index contributed by atoms with van der Waals surface area (Å²) in [4.78, 5) is 19.1. The number of halogens is 2. The Kier molecular flexibility index (Phi) is 5.37. The molecule has 2 heterocycles. The summed E-state index contributed by atoms with van der Waals surface area (Å²) in [7, 11) is 0. The van der Waals surface area contributed by atoms with Crippen molar-refractivity contribution < 1.29 is 9.21 Å². The molecule has 0 aliphatic carbocycles. The van der Waals surface area contributed by atoms with Gasteiger partial charge in [0.25, 0.3) is 0 Å². The fourth-order valence-electron chi connectivity index (χ4n) is 3.58. The molecule has 0 unspecified atom stereocenters. The highest BCUT2D eigenvalue weighted by Gasteiger charge is 2.27. The SMILES string of the molecule is O=C(CCc1cccc(Cl)c1Cl)N1CCC(c2nc3ccccc3o2)CC1. The van der Waals surface area contributed by atoms with Crippen LogP contribution in [0.5, 0.6) is 0 Å². The van der Waals surface area contributed by atoms with E-state index in [1.807, 2.05) is 41.3 Å². The molecule has 1 fully saturated rings. The molecule has 27 heavy (non-hydrogen) atoms. The van der Waals surface area contributed by atoms with Gasteiger partial charge < -0.3 is 9.32 Å². The van der Waals surface area contributed by atoms with E-state index in [0.717, 1.165) is 48.5 Å². The lowest BCUT2D eigenvalue weighted by atomic mass is 9.96. The van der Waals surface area contributed by atoms with Crippen molar-refractivity contribution in [3.05, 3.63) is 64.0 Å². The minimum absolute atomic E-state index is 0.155. The van der Waals surface area contributed by atoms with Crippen LogP contribution in [-0.2, 0) is 11.2 Å². The first-order valence-corrected chi connectivity index (χ1v) is 9.93. The van der Waals surface area contributed by atoms with Crippen molar-refractivity contribution in [2.75, 3.05) is 13.1 Å². The zero-order valence-corrected chi connectivity index (χ0v) is 16.3. The fraction of sp³-hybridized carbons (Fsp3) is 0.333. The lowest BCUT2D eigenvalue weighted by molar-refractivity contribution is -0.132. The minimum atomic E-state index is 0.155. The van der Waals surface area contributed by atoms with Crippen molar-refractivity contribution in [3.8, 4) is 0 Å². The topological polar surface area (TPSA) is 46.3 Å².